The average Bonchev–Trinajstić information content (AvgIpc) is 2.53. The van der Waals surface area contributed by atoms with Crippen LogP contribution in [0, 0.1) is 11.6 Å². The second-order valence-corrected chi connectivity index (χ2v) is 5.92. The summed E-state index contributed by atoms with van der Waals surface area (Å²) in [4.78, 5) is 14.0. The van der Waals surface area contributed by atoms with Crippen molar-refractivity contribution in [3.05, 3.63) is 70.5 Å². The van der Waals surface area contributed by atoms with Crippen LogP contribution in [0.25, 0.3) is 10.9 Å². The lowest BCUT2D eigenvalue weighted by atomic mass is 10.2. The Morgan fingerprint density at radius 1 is 1.09 bits per heavy atom. The summed E-state index contributed by atoms with van der Waals surface area (Å²) in [5, 5.41) is 0.196. The zero-order valence-corrected chi connectivity index (χ0v) is 12.7. The first-order valence-electron chi connectivity index (χ1n) is 6.85. The molecule has 0 bridgehead atoms. The summed E-state index contributed by atoms with van der Waals surface area (Å²) < 4.78 is 28.7. The first kappa shape index (κ1) is 14.8. The van der Waals surface area contributed by atoms with E-state index in [1.165, 1.54) is 11.8 Å². The smallest absolute Gasteiger partial charge is 0.203 e. The molecule has 0 amide bonds. The van der Waals surface area contributed by atoms with Crippen LogP contribution in [-0.2, 0) is 6.54 Å². The number of benzene rings is 2. The van der Waals surface area contributed by atoms with E-state index in [9.17, 15) is 13.6 Å². The molecule has 0 aliphatic heterocycles. The van der Waals surface area contributed by atoms with Crippen molar-refractivity contribution >= 4 is 22.7 Å². The van der Waals surface area contributed by atoms with Gasteiger partial charge in [0, 0.05) is 29.1 Å². The Hall–Kier alpha value is -2.14. The highest BCUT2D eigenvalue weighted by atomic mass is 32.2. The van der Waals surface area contributed by atoms with Crippen LogP contribution >= 0.6 is 11.8 Å². The van der Waals surface area contributed by atoms with Crippen molar-refractivity contribution in [1.29, 1.82) is 0 Å². The van der Waals surface area contributed by atoms with Crippen molar-refractivity contribution < 1.29 is 8.78 Å². The van der Waals surface area contributed by atoms with E-state index in [0.717, 1.165) is 17.0 Å². The third-order valence-electron chi connectivity index (χ3n) is 3.40. The van der Waals surface area contributed by atoms with E-state index >= 15 is 0 Å². The van der Waals surface area contributed by atoms with Gasteiger partial charge in [-0.05, 0) is 25.1 Å². The van der Waals surface area contributed by atoms with Gasteiger partial charge in [0.25, 0.3) is 0 Å². The van der Waals surface area contributed by atoms with Gasteiger partial charge in [0.15, 0.2) is 11.6 Å². The van der Waals surface area contributed by atoms with Crippen molar-refractivity contribution in [2.75, 3.05) is 0 Å². The topological polar surface area (TPSA) is 22.0 Å². The quantitative estimate of drug-likeness (QED) is 0.712. The van der Waals surface area contributed by atoms with E-state index in [4.69, 9.17) is 0 Å². The fourth-order valence-electron chi connectivity index (χ4n) is 2.31. The van der Waals surface area contributed by atoms with Gasteiger partial charge in [-0.3, -0.25) is 4.79 Å². The molecule has 3 rings (SSSR count). The van der Waals surface area contributed by atoms with Gasteiger partial charge >= 0.3 is 0 Å². The minimum Gasteiger partial charge on any atom is -0.346 e. The molecule has 3 aromatic rings. The second kappa shape index (κ2) is 5.93. The molecule has 1 heterocycles. The molecule has 0 N–H and O–H groups in total. The lowest BCUT2D eigenvalue weighted by Crippen LogP contribution is -2.12. The summed E-state index contributed by atoms with van der Waals surface area (Å²) in [7, 11) is 0. The lowest BCUT2D eigenvalue weighted by molar-refractivity contribution is 0.510. The highest BCUT2D eigenvalue weighted by Gasteiger charge is 2.13. The van der Waals surface area contributed by atoms with Gasteiger partial charge in [-0.15, -0.1) is 0 Å². The monoisotopic (exact) mass is 317 g/mol. The van der Waals surface area contributed by atoms with Crippen LogP contribution in [0.5, 0.6) is 0 Å². The molecule has 0 saturated heterocycles. The molecule has 2 aromatic carbocycles. The number of hydrogen-bond acceptors (Lipinski definition) is 2. The number of halogens is 2. The van der Waals surface area contributed by atoms with E-state index < -0.39 is 11.6 Å². The standard InChI is InChI=1S/C17H13F2NOS/c1-2-20-10-16(22-11-6-4-3-5-7-11)17(21)12-8-13(18)14(19)9-15(12)20/h3-10H,2H2,1H3. The summed E-state index contributed by atoms with van der Waals surface area (Å²) in [6.07, 6.45) is 1.69. The first-order valence-corrected chi connectivity index (χ1v) is 7.67. The van der Waals surface area contributed by atoms with Crippen LogP contribution in [0.3, 0.4) is 0 Å². The molecule has 0 aliphatic rings. The van der Waals surface area contributed by atoms with E-state index in [-0.39, 0.29) is 10.8 Å². The molecule has 0 fully saturated rings. The maximum atomic E-state index is 13.5. The van der Waals surface area contributed by atoms with Crippen LogP contribution < -0.4 is 5.43 Å². The molecular formula is C17H13F2NOS. The second-order valence-electron chi connectivity index (χ2n) is 4.81. The number of nitrogens with zero attached hydrogens (tertiary/aromatic N) is 1. The van der Waals surface area contributed by atoms with Crippen molar-refractivity contribution in [3.63, 3.8) is 0 Å². The molecule has 112 valence electrons. The van der Waals surface area contributed by atoms with Crippen molar-refractivity contribution in [2.45, 2.75) is 23.3 Å². The van der Waals surface area contributed by atoms with Gasteiger partial charge in [0.2, 0.25) is 5.43 Å². The Kier molecular flexibility index (Phi) is 3.98. The maximum Gasteiger partial charge on any atom is 0.203 e. The Bertz CT molecular complexity index is 891. The molecule has 0 saturated carbocycles. The predicted molar refractivity (Wildman–Crippen MR) is 84.4 cm³/mol. The normalized spacial score (nSPS) is 11.0. The number of aromatic nitrogens is 1. The van der Waals surface area contributed by atoms with Crippen LogP contribution in [0.2, 0.25) is 0 Å². The number of pyridine rings is 1. The van der Waals surface area contributed by atoms with Crippen LogP contribution in [0.4, 0.5) is 8.78 Å². The number of hydrogen-bond donors (Lipinski definition) is 0. The minimum absolute atomic E-state index is 0.196. The summed E-state index contributed by atoms with van der Waals surface area (Å²) in [5.41, 5.74) is 0.122. The molecule has 0 spiro atoms. The van der Waals surface area contributed by atoms with Crippen LogP contribution in [-0.4, -0.2) is 4.57 Å². The van der Waals surface area contributed by atoms with Crippen molar-refractivity contribution in [2.24, 2.45) is 0 Å². The Balaban J connectivity index is 2.22. The van der Waals surface area contributed by atoms with Crippen LogP contribution in [0.15, 0.2) is 63.2 Å². The molecule has 0 aliphatic carbocycles. The highest BCUT2D eigenvalue weighted by molar-refractivity contribution is 7.99. The SMILES string of the molecule is CCn1cc(Sc2ccccc2)c(=O)c2cc(F)c(F)cc21. The fourth-order valence-corrected chi connectivity index (χ4v) is 3.24. The molecule has 0 atom stereocenters. The minimum atomic E-state index is -1.01. The third-order valence-corrected chi connectivity index (χ3v) is 4.42. The van der Waals surface area contributed by atoms with E-state index in [1.807, 2.05) is 37.3 Å². The third kappa shape index (κ3) is 2.64. The van der Waals surface area contributed by atoms with Gasteiger partial charge in [0.1, 0.15) is 0 Å². The molecule has 5 heteroatoms. The zero-order valence-electron chi connectivity index (χ0n) is 11.8. The summed E-state index contributed by atoms with van der Waals surface area (Å²) in [5.74, 6) is -1.95. The molecule has 0 radical (unpaired) electrons. The number of fused-ring (bicyclic) bond motifs is 1. The predicted octanol–water partition coefficient (Wildman–Crippen LogP) is 4.45. The molecule has 22 heavy (non-hydrogen) atoms. The molecule has 0 unspecified atom stereocenters. The molecular weight excluding hydrogens is 304 g/mol. The molecule has 1 aromatic heterocycles. The average molecular weight is 317 g/mol. The van der Waals surface area contributed by atoms with Crippen LogP contribution in [0.1, 0.15) is 6.92 Å². The van der Waals surface area contributed by atoms with Crippen molar-refractivity contribution in [1.82, 2.24) is 4.57 Å². The summed E-state index contributed by atoms with van der Waals surface area (Å²) >= 11 is 1.32. The molecule has 2 nitrogen and oxygen atoms in total. The largest absolute Gasteiger partial charge is 0.346 e. The highest BCUT2D eigenvalue weighted by Crippen LogP contribution is 2.27. The fraction of sp³-hybridized carbons (Fsp3) is 0.118. The van der Waals surface area contributed by atoms with E-state index in [2.05, 4.69) is 0 Å². The maximum absolute atomic E-state index is 13.5. The first-order chi connectivity index (χ1) is 10.6. The van der Waals surface area contributed by atoms with Gasteiger partial charge in [-0.2, -0.15) is 0 Å². The van der Waals surface area contributed by atoms with Gasteiger partial charge < -0.3 is 4.57 Å². The summed E-state index contributed by atoms with van der Waals surface area (Å²) in [6.45, 7) is 2.45. The van der Waals surface area contributed by atoms with E-state index in [1.54, 1.807) is 10.8 Å². The Labute approximate surface area is 130 Å². The lowest BCUT2D eigenvalue weighted by Gasteiger charge is -2.11. The Morgan fingerprint density at radius 3 is 2.45 bits per heavy atom. The van der Waals surface area contributed by atoms with Gasteiger partial charge in [-0.25, -0.2) is 8.78 Å². The summed E-state index contributed by atoms with van der Waals surface area (Å²) in [6, 6.07) is 11.5. The Morgan fingerprint density at radius 2 is 1.77 bits per heavy atom. The number of aryl methyl sites for hydroxylation is 1. The van der Waals surface area contributed by atoms with Crippen molar-refractivity contribution in [3.8, 4) is 0 Å². The van der Waals surface area contributed by atoms with Gasteiger partial charge in [0.05, 0.1) is 10.4 Å². The number of rotatable bonds is 3. The van der Waals surface area contributed by atoms with E-state index in [0.29, 0.717) is 17.0 Å². The van der Waals surface area contributed by atoms with Gasteiger partial charge in [-0.1, -0.05) is 30.0 Å². The zero-order chi connectivity index (χ0) is 15.7.